The Hall–Kier alpha value is -0.380. The Bertz CT molecular complexity index is 322. The van der Waals surface area contributed by atoms with Crippen LogP contribution in [0, 0.1) is 0 Å². The van der Waals surface area contributed by atoms with Crippen molar-refractivity contribution in [1.29, 1.82) is 0 Å². The number of guanidine groups is 1. The van der Waals surface area contributed by atoms with Crippen LogP contribution in [0.15, 0.2) is 4.99 Å². The Labute approximate surface area is 156 Å². The molecule has 0 aliphatic heterocycles. The molecule has 6 nitrogen and oxygen atoms in total. The van der Waals surface area contributed by atoms with E-state index in [2.05, 4.69) is 27.2 Å². The van der Waals surface area contributed by atoms with Crippen molar-refractivity contribution in [2.45, 2.75) is 39.7 Å². The van der Waals surface area contributed by atoms with Crippen LogP contribution in [0.4, 0.5) is 4.79 Å². The van der Waals surface area contributed by atoms with E-state index in [1.807, 2.05) is 39.5 Å². The minimum absolute atomic E-state index is 0. The molecule has 0 aliphatic rings. The monoisotopic (exact) mass is 446 g/mol. The average Bonchev–Trinajstić information content (AvgIpc) is 2.37. The van der Waals surface area contributed by atoms with Crippen LogP contribution in [0.25, 0.3) is 0 Å². The van der Waals surface area contributed by atoms with Gasteiger partial charge in [0.25, 0.3) is 0 Å². The first-order chi connectivity index (χ1) is 9.89. The number of alkyl carbamates (subject to hydrolysis) is 1. The van der Waals surface area contributed by atoms with Gasteiger partial charge in [0, 0.05) is 26.2 Å². The molecule has 0 heterocycles. The second kappa shape index (κ2) is 14.2. The molecule has 132 valence electrons. The molecule has 1 amide bonds. The van der Waals surface area contributed by atoms with Gasteiger partial charge >= 0.3 is 6.09 Å². The minimum atomic E-state index is -0.467. The molecule has 3 N–H and O–H groups in total. The summed E-state index contributed by atoms with van der Waals surface area (Å²) in [5.74, 6) is 1.90. The number of aliphatic imine (C=N–C) groups is 1. The predicted molar refractivity (Wildman–Crippen MR) is 107 cm³/mol. The highest BCUT2D eigenvalue weighted by Crippen LogP contribution is 2.05. The molecule has 8 heteroatoms. The average molecular weight is 446 g/mol. The van der Waals surface area contributed by atoms with Gasteiger partial charge in [0.1, 0.15) is 5.60 Å². The van der Waals surface area contributed by atoms with Gasteiger partial charge < -0.3 is 20.7 Å². The highest BCUT2D eigenvalue weighted by atomic mass is 127. The molecule has 0 aromatic heterocycles. The number of thioether (sulfide) groups is 1. The summed E-state index contributed by atoms with van der Waals surface area (Å²) in [6.07, 6.45) is 2.76. The summed E-state index contributed by atoms with van der Waals surface area (Å²) in [5.41, 5.74) is -0.467. The van der Waals surface area contributed by atoms with Crippen molar-refractivity contribution >= 4 is 47.8 Å². The first-order valence-electron chi connectivity index (χ1n) is 7.37. The van der Waals surface area contributed by atoms with Gasteiger partial charge in [-0.2, -0.15) is 11.8 Å². The van der Waals surface area contributed by atoms with Gasteiger partial charge in [0.2, 0.25) is 0 Å². The van der Waals surface area contributed by atoms with E-state index >= 15 is 0 Å². The molecule has 0 aromatic rings. The van der Waals surface area contributed by atoms with Crippen molar-refractivity contribution in [3.63, 3.8) is 0 Å². The third-order valence-electron chi connectivity index (χ3n) is 2.21. The molecule has 0 spiro atoms. The van der Waals surface area contributed by atoms with E-state index in [0.29, 0.717) is 13.1 Å². The number of hydrogen-bond donors (Lipinski definition) is 3. The number of rotatable bonds is 8. The summed E-state index contributed by atoms with van der Waals surface area (Å²) in [6, 6.07) is 0. The molecule has 0 aromatic carbocycles. The molecular weight excluding hydrogens is 415 g/mol. The van der Waals surface area contributed by atoms with Gasteiger partial charge in [-0.05, 0) is 46.1 Å². The maximum Gasteiger partial charge on any atom is 0.407 e. The van der Waals surface area contributed by atoms with Crippen molar-refractivity contribution in [3.05, 3.63) is 0 Å². The van der Waals surface area contributed by atoms with E-state index in [-0.39, 0.29) is 24.0 Å². The number of amides is 1. The number of ether oxygens (including phenoxy) is 1. The van der Waals surface area contributed by atoms with Crippen LogP contribution >= 0.6 is 35.7 Å². The SMILES string of the molecule is CCNC(=NCCCSC)NCCNC(=O)OC(C)(C)C.I. The fourth-order valence-corrected chi connectivity index (χ4v) is 1.82. The maximum atomic E-state index is 11.5. The lowest BCUT2D eigenvalue weighted by molar-refractivity contribution is 0.0529. The van der Waals surface area contributed by atoms with Gasteiger partial charge in [-0.15, -0.1) is 24.0 Å². The fraction of sp³-hybridized carbons (Fsp3) is 0.857. The molecule has 0 fully saturated rings. The Kier molecular flexibility index (Phi) is 15.4. The molecule has 0 rings (SSSR count). The van der Waals surface area contributed by atoms with Crippen molar-refractivity contribution in [1.82, 2.24) is 16.0 Å². The first kappa shape index (κ1) is 23.9. The zero-order valence-electron chi connectivity index (χ0n) is 14.3. The Morgan fingerprint density at radius 2 is 1.82 bits per heavy atom. The molecule has 0 saturated carbocycles. The number of nitrogens with one attached hydrogen (secondary N) is 3. The zero-order chi connectivity index (χ0) is 16.1. The van der Waals surface area contributed by atoms with Crippen LogP contribution in [0.5, 0.6) is 0 Å². The van der Waals surface area contributed by atoms with Crippen LogP contribution < -0.4 is 16.0 Å². The predicted octanol–water partition coefficient (Wildman–Crippen LogP) is 2.44. The van der Waals surface area contributed by atoms with Crippen LogP contribution in [-0.4, -0.2) is 55.8 Å². The van der Waals surface area contributed by atoms with Crippen LogP contribution in [0.1, 0.15) is 34.1 Å². The van der Waals surface area contributed by atoms with Gasteiger partial charge in [-0.3, -0.25) is 4.99 Å². The van der Waals surface area contributed by atoms with Gasteiger partial charge in [0.15, 0.2) is 5.96 Å². The van der Waals surface area contributed by atoms with E-state index in [4.69, 9.17) is 4.74 Å². The minimum Gasteiger partial charge on any atom is -0.444 e. The van der Waals surface area contributed by atoms with Gasteiger partial charge in [0.05, 0.1) is 0 Å². The smallest absolute Gasteiger partial charge is 0.407 e. The molecule has 0 radical (unpaired) electrons. The largest absolute Gasteiger partial charge is 0.444 e. The quantitative estimate of drug-likeness (QED) is 0.231. The third-order valence-corrected chi connectivity index (χ3v) is 2.90. The number of carbonyl (C=O) groups excluding carboxylic acids is 1. The van der Waals surface area contributed by atoms with E-state index in [9.17, 15) is 4.79 Å². The summed E-state index contributed by atoms with van der Waals surface area (Å²) in [4.78, 5) is 15.9. The lowest BCUT2D eigenvalue weighted by atomic mass is 10.2. The molecule has 0 unspecified atom stereocenters. The second-order valence-electron chi connectivity index (χ2n) is 5.46. The number of halogens is 1. The van der Waals surface area contributed by atoms with Crippen LogP contribution in [0.3, 0.4) is 0 Å². The van der Waals surface area contributed by atoms with Crippen LogP contribution in [0.2, 0.25) is 0 Å². The fourth-order valence-electron chi connectivity index (χ4n) is 1.40. The summed E-state index contributed by atoms with van der Waals surface area (Å²) in [5, 5.41) is 9.05. The Morgan fingerprint density at radius 3 is 2.36 bits per heavy atom. The molecule has 0 bridgehead atoms. The van der Waals surface area contributed by atoms with E-state index in [1.54, 1.807) is 0 Å². The van der Waals surface area contributed by atoms with Crippen molar-refractivity contribution in [2.75, 3.05) is 38.2 Å². The summed E-state index contributed by atoms with van der Waals surface area (Å²) < 4.78 is 5.16. The number of hydrogen-bond acceptors (Lipinski definition) is 4. The highest BCUT2D eigenvalue weighted by molar-refractivity contribution is 14.0. The van der Waals surface area contributed by atoms with Gasteiger partial charge in [-0.25, -0.2) is 4.79 Å². The summed E-state index contributed by atoms with van der Waals surface area (Å²) in [6.45, 7) is 10.3. The topological polar surface area (TPSA) is 74.8 Å². The maximum absolute atomic E-state index is 11.5. The van der Waals surface area contributed by atoms with E-state index < -0.39 is 11.7 Å². The highest BCUT2D eigenvalue weighted by Gasteiger charge is 2.15. The van der Waals surface area contributed by atoms with Gasteiger partial charge in [-0.1, -0.05) is 0 Å². The second-order valence-corrected chi connectivity index (χ2v) is 6.45. The number of nitrogens with zero attached hydrogens (tertiary/aromatic N) is 1. The summed E-state index contributed by atoms with van der Waals surface area (Å²) >= 11 is 1.82. The molecule has 22 heavy (non-hydrogen) atoms. The first-order valence-corrected chi connectivity index (χ1v) is 8.76. The van der Waals surface area contributed by atoms with Crippen molar-refractivity contribution in [3.8, 4) is 0 Å². The molecular formula is C14H31IN4O2S. The standard InChI is InChI=1S/C14H30N4O2S.HI/c1-6-15-12(16-8-7-11-21-5)17-9-10-18-13(19)20-14(2,3)4;/h6-11H2,1-5H3,(H,18,19)(H2,15,16,17);1H. The van der Waals surface area contributed by atoms with Crippen molar-refractivity contribution in [2.24, 2.45) is 4.99 Å². The van der Waals surface area contributed by atoms with E-state index in [0.717, 1.165) is 31.2 Å². The Balaban J connectivity index is 0. The summed E-state index contributed by atoms with van der Waals surface area (Å²) in [7, 11) is 0. The lowest BCUT2D eigenvalue weighted by Gasteiger charge is -2.19. The molecule has 0 saturated heterocycles. The lowest BCUT2D eigenvalue weighted by Crippen LogP contribution is -2.42. The normalized spacial score (nSPS) is 11.4. The van der Waals surface area contributed by atoms with Crippen molar-refractivity contribution < 1.29 is 9.53 Å². The zero-order valence-corrected chi connectivity index (χ0v) is 17.5. The van der Waals surface area contributed by atoms with Crippen LogP contribution in [-0.2, 0) is 4.74 Å². The Morgan fingerprint density at radius 1 is 1.18 bits per heavy atom. The molecule has 0 atom stereocenters. The van der Waals surface area contributed by atoms with E-state index in [1.165, 1.54) is 0 Å². The third kappa shape index (κ3) is 16.0. The molecule has 0 aliphatic carbocycles. The number of carbonyl (C=O) groups is 1.